The van der Waals surface area contributed by atoms with Crippen LogP contribution in [0.1, 0.15) is 46.4 Å². The number of amides is 1. The predicted molar refractivity (Wildman–Crippen MR) is 110 cm³/mol. The minimum absolute atomic E-state index is 0.191. The van der Waals surface area contributed by atoms with Crippen LogP contribution in [0.25, 0.3) is 17.0 Å². The van der Waals surface area contributed by atoms with Crippen molar-refractivity contribution in [3.8, 4) is 17.1 Å². The molecule has 3 rings (SSSR count). The van der Waals surface area contributed by atoms with Gasteiger partial charge in [-0.25, -0.2) is 14.3 Å². The number of pyridine rings is 1. The van der Waals surface area contributed by atoms with Gasteiger partial charge in [0.15, 0.2) is 5.82 Å². The molecular weight excluding hydrogens is 388 g/mol. The fraction of sp³-hybridized carbons (Fsp3) is 0.450. The van der Waals surface area contributed by atoms with Crippen LogP contribution in [-0.2, 0) is 4.74 Å². The standard InChI is InChI=1S/C20H26N6O4/c1-7-25(20(3,4)5)19(28)30-12(2)14-10-13(15(29-6)11-22-14)16-23-18(27)17-21-8-9-26(17)24-16/h8-12H,7H2,1-6H3,(H,23,24,27)/t12-/m1/s1. The lowest BCUT2D eigenvalue weighted by Crippen LogP contribution is -2.45. The van der Waals surface area contributed by atoms with Gasteiger partial charge in [-0.15, -0.1) is 5.10 Å². The molecule has 3 aromatic heterocycles. The molecule has 1 amide bonds. The van der Waals surface area contributed by atoms with Gasteiger partial charge in [0.1, 0.15) is 11.9 Å². The number of hydrogen-bond acceptors (Lipinski definition) is 7. The maximum Gasteiger partial charge on any atom is 0.410 e. The molecule has 0 spiro atoms. The molecule has 10 heteroatoms. The number of rotatable bonds is 5. The van der Waals surface area contributed by atoms with Gasteiger partial charge in [-0.2, -0.15) is 0 Å². The summed E-state index contributed by atoms with van der Waals surface area (Å²) in [5, 5.41) is 4.38. The number of ether oxygens (including phenoxy) is 2. The van der Waals surface area contributed by atoms with Crippen LogP contribution in [0.5, 0.6) is 5.75 Å². The van der Waals surface area contributed by atoms with Crippen molar-refractivity contribution in [2.24, 2.45) is 0 Å². The molecule has 0 aliphatic rings. The van der Waals surface area contributed by atoms with E-state index < -0.39 is 12.2 Å². The average Bonchev–Trinajstić information content (AvgIpc) is 3.16. The van der Waals surface area contributed by atoms with Crippen molar-refractivity contribution in [1.82, 2.24) is 29.5 Å². The second-order valence-corrected chi connectivity index (χ2v) is 7.75. The second-order valence-electron chi connectivity index (χ2n) is 7.75. The van der Waals surface area contributed by atoms with E-state index in [0.29, 0.717) is 23.6 Å². The Hall–Kier alpha value is -3.43. The van der Waals surface area contributed by atoms with E-state index in [-0.39, 0.29) is 22.6 Å². The van der Waals surface area contributed by atoms with Crippen LogP contribution in [0.4, 0.5) is 4.79 Å². The van der Waals surface area contributed by atoms with E-state index in [9.17, 15) is 9.59 Å². The van der Waals surface area contributed by atoms with E-state index >= 15 is 0 Å². The summed E-state index contributed by atoms with van der Waals surface area (Å²) in [4.78, 5) is 37.6. The summed E-state index contributed by atoms with van der Waals surface area (Å²) < 4.78 is 12.4. The summed E-state index contributed by atoms with van der Waals surface area (Å²) in [6.45, 7) is 9.99. The highest BCUT2D eigenvalue weighted by Crippen LogP contribution is 2.30. The summed E-state index contributed by atoms with van der Waals surface area (Å²) in [6.07, 6.45) is 3.53. The van der Waals surface area contributed by atoms with Gasteiger partial charge in [0.05, 0.1) is 24.6 Å². The van der Waals surface area contributed by atoms with E-state index in [1.807, 2.05) is 27.7 Å². The third-order valence-corrected chi connectivity index (χ3v) is 4.67. The summed E-state index contributed by atoms with van der Waals surface area (Å²) in [6, 6.07) is 1.69. The molecule has 0 saturated heterocycles. The van der Waals surface area contributed by atoms with Crippen LogP contribution in [0.15, 0.2) is 29.5 Å². The third-order valence-electron chi connectivity index (χ3n) is 4.67. The van der Waals surface area contributed by atoms with Gasteiger partial charge in [0, 0.05) is 24.5 Å². The maximum absolute atomic E-state index is 12.6. The van der Waals surface area contributed by atoms with Gasteiger partial charge in [0.2, 0.25) is 5.65 Å². The van der Waals surface area contributed by atoms with Crippen LogP contribution in [0.3, 0.4) is 0 Å². The van der Waals surface area contributed by atoms with E-state index in [4.69, 9.17) is 9.47 Å². The van der Waals surface area contributed by atoms with E-state index in [1.54, 1.807) is 24.1 Å². The molecule has 160 valence electrons. The predicted octanol–water partition coefficient (Wildman–Crippen LogP) is 2.81. The molecule has 3 aromatic rings. The Morgan fingerprint density at radius 3 is 2.70 bits per heavy atom. The number of nitrogens with one attached hydrogen (secondary N) is 1. The summed E-state index contributed by atoms with van der Waals surface area (Å²) >= 11 is 0. The summed E-state index contributed by atoms with van der Waals surface area (Å²) in [7, 11) is 1.50. The zero-order valence-electron chi connectivity index (χ0n) is 18.0. The third kappa shape index (κ3) is 4.12. The minimum atomic E-state index is -0.623. The smallest absolute Gasteiger partial charge is 0.410 e. The lowest BCUT2D eigenvalue weighted by atomic mass is 10.1. The quantitative estimate of drug-likeness (QED) is 0.682. The van der Waals surface area contributed by atoms with Crippen molar-refractivity contribution in [2.45, 2.75) is 46.3 Å². The van der Waals surface area contributed by atoms with Gasteiger partial charge >= 0.3 is 6.09 Å². The molecule has 0 aliphatic heterocycles. The topological polar surface area (TPSA) is 115 Å². The Morgan fingerprint density at radius 2 is 2.07 bits per heavy atom. The molecule has 0 bridgehead atoms. The molecular formula is C20H26N6O4. The molecule has 0 fully saturated rings. The average molecular weight is 414 g/mol. The summed E-state index contributed by atoms with van der Waals surface area (Å²) in [5.41, 5.74) is 0.455. The van der Waals surface area contributed by atoms with E-state index in [1.165, 1.54) is 24.0 Å². The zero-order chi connectivity index (χ0) is 22.1. The van der Waals surface area contributed by atoms with Crippen molar-refractivity contribution in [1.29, 1.82) is 0 Å². The second kappa shape index (κ2) is 8.13. The maximum atomic E-state index is 12.6. The van der Waals surface area contributed by atoms with Gasteiger partial charge in [-0.1, -0.05) is 0 Å². The number of aromatic nitrogens is 5. The Labute approximate surface area is 173 Å². The number of H-pyrrole nitrogens is 1. The highest BCUT2D eigenvalue weighted by atomic mass is 16.6. The highest BCUT2D eigenvalue weighted by Gasteiger charge is 2.28. The van der Waals surface area contributed by atoms with Gasteiger partial charge < -0.3 is 19.4 Å². The van der Waals surface area contributed by atoms with Crippen molar-refractivity contribution in [2.75, 3.05) is 13.7 Å². The molecule has 3 heterocycles. The number of fused-ring (bicyclic) bond motifs is 1. The first-order valence-corrected chi connectivity index (χ1v) is 9.62. The molecule has 1 atom stereocenters. The van der Waals surface area contributed by atoms with Crippen molar-refractivity contribution >= 4 is 11.7 Å². The molecule has 1 N–H and O–H groups in total. The molecule has 0 radical (unpaired) electrons. The first-order valence-electron chi connectivity index (χ1n) is 9.62. The lowest BCUT2D eigenvalue weighted by molar-refractivity contribution is 0.0433. The van der Waals surface area contributed by atoms with Crippen LogP contribution >= 0.6 is 0 Å². The number of carbonyl (C=O) groups excluding carboxylic acids is 1. The fourth-order valence-corrected chi connectivity index (χ4v) is 3.14. The van der Waals surface area contributed by atoms with Crippen LogP contribution in [0.2, 0.25) is 0 Å². The van der Waals surface area contributed by atoms with Gasteiger partial charge in [0.25, 0.3) is 5.56 Å². The number of hydrogen-bond donors (Lipinski definition) is 1. The number of methoxy groups -OCH3 is 1. The van der Waals surface area contributed by atoms with E-state index in [0.717, 1.165) is 0 Å². The molecule has 30 heavy (non-hydrogen) atoms. The lowest BCUT2D eigenvalue weighted by Gasteiger charge is -2.34. The fourth-order valence-electron chi connectivity index (χ4n) is 3.14. The van der Waals surface area contributed by atoms with Crippen molar-refractivity contribution < 1.29 is 14.3 Å². The largest absolute Gasteiger partial charge is 0.494 e. The van der Waals surface area contributed by atoms with Crippen LogP contribution in [0, 0.1) is 0 Å². The zero-order valence-corrected chi connectivity index (χ0v) is 18.0. The Morgan fingerprint density at radius 1 is 1.33 bits per heavy atom. The normalized spacial score (nSPS) is 12.6. The molecule has 0 unspecified atom stereocenters. The summed E-state index contributed by atoms with van der Waals surface area (Å²) in [5.74, 6) is 0.708. The van der Waals surface area contributed by atoms with Crippen molar-refractivity contribution in [3.05, 3.63) is 40.7 Å². The first kappa shape index (κ1) is 21.3. The highest BCUT2D eigenvalue weighted by molar-refractivity contribution is 5.69. The van der Waals surface area contributed by atoms with Crippen LogP contribution in [-0.4, -0.2) is 54.8 Å². The van der Waals surface area contributed by atoms with Crippen molar-refractivity contribution in [3.63, 3.8) is 0 Å². The van der Waals surface area contributed by atoms with Crippen LogP contribution < -0.4 is 10.3 Å². The number of nitrogens with zero attached hydrogens (tertiary/aromatic N) is 5. The monoisotopic (exact) mass is 414 g/mol. The number of aromatic amines is 1. The number of imidazole rings is 1. The SMILES string of the molecule is CCN(C(=O)O[C@H](C)c1cc(-c2nn3ccnc3c(=O)[nH]2)c(OC)cn1)C(C)(C)C. The molecule has 0 saturated carbocycles. The Balaban J connectivity index is 1.95. The van der Waals surface area contributed by atoms with Gasteiger partial charge in [-0.05, 0) is 40.7 Å². The Kier molecular flexibility index (Phi) is 5.77. The van der Waals surface area contributed by atoms with Gasteiger partial charge in [-0.3, -0.25) is 9.78 Å². The molecule has 0 aromatic carbocycles. The Bertz CT molecular complexity index is 1110. The first-order chi connectivity index (χ1) is 14.2. The minimum Gasteiger partial charge on any atom is -0.494 e. The molecule has 0 aliphatic carbocycles. The number of carbonyl (C=O) groups is 1. The van der Waals surface area contributed by atoms with E-state index in [2.05, 4.69) is 20.1 Å². The molecule has 10 nitrogen and oxygen atoms in total.